The van der Waals surface area contributed by atoms with E-state index in [1.807, 2.05) is 11.5 Å². The Morgan fingerprint density at radius 3 is 3.07 bits per heavy atom. The van der Waals surface area contributed by atoms with Gasteiger partial charge in [0.15, 0.2) is 0 Å². The van der Waals surface area contributed by atoms with Gasteiger partial charge in [0.2, 0.25) is 0 Å². The lowest BCUT2D eigenvalue weighted by molar-refractivity contribution is 0.213. The third-order valence-corrected chi connectivity index (χ3v) is 3.94. The molecule has 0 spiro atoms. The van der Waals surface area contributed by atoms with Crippen LogP contribution in [0.4, 0.5) is 0 Å². The van der Waals surface area contributed by atoms with Crippen LogP contribution >= 0.6 is 27.3 Å². The second-order valence-electron chi connectivity index (χ2n) is 3.01. The normalized spacial score (nSPS) is 13.0. The van der Waals surface area contributed by atoms with Gasteiger partial charge in [0.25, 0.3) is 0 Å². The average molecular weight is 288 g/mol. The molecule has 0 aliphatic carbocycles. The number of aliphatic hydroxyl groups excluding tert-OH is 1. The van der Waals surface area contributed by atoms with E-state index < -0.39 is 6.10 Å². The molecule has 6 heteroatoms. The first-order valence-corrected chi connectivity index (χ1v) is 6.18. The highest BCUT2D eigenvalue weighted by Crippen LogP contribution is 2.30. The van der Waals surface area contributed by atoms with Crippen molar-refractivity contribution in [3.05, 3.63) is 33.2 Å². The first kappa shape index (κ1) is 10.8. The zero-order valence-corrected chi connectivity index (χ0v) is 10.5. The standard InChI is InChI=1S/C9H10BrN3OS/c1-2-13-4-11-3-6(13)7(14)8-9(10)12-5-15-8/h3-5,7,14H,2H2,1H3. The molecule has 15 heavy (non-hydrogen) atoms. The van der Waals surface area contributed by atoms with Crippen molar-refractivity contribution in [2.75, 3.05) is 0 Å². The van der Waals surface area contributed by atoms with Crippen LogP contribution < -0.4 is 0 Å². The molecule has 0 aliphatic heterocycles. The van der Waals surface area contributed by atoms with Crippen LogP contribution in [0.1, 0.15) is 23.6 Å². The van der Waals surface area contributed by atoms with Gasteiger partial charge in [-0.15, -0.1) is 11.3 Å². The predicted molar refractivity (Wildman–Crippen MR) is 61.8 cm³/mol. The minimum atomic E-state index is -0.658. The summed E-state index contributed by atoms with van der Waals surface area (Å²) >= 11 is 4.73. The largest absolute Gasteiger partial charge is 0.381 e. The van der Waals surface area contributed by atoms with Crippen LogP contribution in [0.25, 0.3) is 0 Å². The second-order valence-corrected chi connectivity index (χ2v) is 4.65. The van der Waals surface area contributed by atoms with E-state index in [1.165, 1.54) is 11.3 Å². The fraction of sp³-hybridized carbons (Fsp3) is 0.333. The highest BCUT2D eigenvalue weighted by molar-refractivity contribution is 9.10. The fourth-order valence-electron chi connectivity index (χ4n) is 1.38. The summed E-state index contributed by atoms with van der Waals surface area (Å²) in [6.07, 6.45) is 2.74. The molecule has 1 N–H and O–H groups in total. The zero-order valence-electron chi connectivity index (χ0n) is 8.09. The molecule has 2 aromatic heterocycles. The number of imidazole rings is 1. The van der Waals surface area contributed by atoms with E-state index in [-0.39, 0.29) is 0 Å². The zero-order chi connectivity index (χ0) is 10.8. The monoisotopic (exact) mass is 287 g/mol. The third-order valence-electron chi connectivity index (χ3n) is 2.16. The molecule has 0 amide bonds. The molecule has 0 aliphatic rings. The maximum absolute atomic E-state index is 10.1. The predicted octanol–water partition coefficient (Wildman–Crippen LogP) is 2.20. The lowest BCUT2D eigenvalue weighted by atomic mass is 10.2. The lowest BCUT2D eigenvalue weighted by Gasteiger charge is -2.10. The van der Waals surface area contributed by atoms with E-state index in [4.69, 9.17) is 0 Å². The van der Waals surface area contributed by atoms with Gasteiger partial charge in [-0.1, -0.05) is 0 Å². The van der Waals surface area contributed by atoms with Gasteiger partial charge in [0.05, 0.1) is 28.6 Å². The lowest BCUT2D eigenvalue weighted by Crippen LogP contribution is -2.06. The Balaban J connectivity index is 2.36. The van der Waals surface area contributed by atoms with E-state index >= 15 is 0 Å². The van der Waals surface area contributed by atoms with Crippen LogP contribution in [0.15, 0.2) is 22.6 Å². The van der Waals surface area contributed by atoms with Gasteiger partial charge in [0, 0.05) is 6.54 Å². The molecule has 0 radical (unpaired) electrons. The Kier molecular flexibility index (Phi) is 3.18. The van der Waals surface area contributed by atoms with Gasteiger partial charge in [0.1, 0.15) is 10.7 Å². The fourth-order valence-corrected chi connectivity index (χ4v) is 2.78. The number of halogens is 1. The molecule has 80 valence electrons. The first-order chi connectivity index (χ1) is 7.24. The molecule has 1 unspecified atom stereocenters. The van der Waals surface area contributed by atoms with Gasteiger partial charge in [-0.3, -0.25) is 0 Å². The van der Waals surface area contributed by atoms with Crippen LogP contribution in [0.2, 0.25) is 0 Å². The molecule has 0 bridgehead atoms. The summed E-state index contributed by atoms with van der Waals surface area (Å²) in [5.74, 6) is 0. The number of thiazole rings is 1. The SMILES string of the molecule is CCn1cncc1C(O)c1scnc1Br. The van der Waals surface area contributed by atoms with Crippen LogP contribution in [0, 0.1) is 0 Å². The third kappa shape index (κ3) is 1.97. The van der Waals surface area contributed by atoms with Crippen LogP contribution in [0.5, 0.6) is 0 Å². The quantitative estimate of drug-likeness (QED) is 0.942. The van der Waals surface area contributed by atoms with Crippen molar-refractivity contribution in [1.82, 2.24) is 14.5 Å². The Morgan fingerprint density at radius 2 is 2.47 bits per heavy atom. The van der Waals surface area contributed by atoms with Crippen LogP contribution in [-0.2, 0) is 6.54 Å². The summed E-state index contributed by atoms with van der Waals surface area (Å²) in [5.41, 5.74) is 2.50. The van der Waals surface area contributed by atoms with Crippen molar-refractivity contribution < 1.29 is 5.11 Å². The molecule has 2 heterocycles. The topological polar surface area (TPSA) is 50.9 Å². The maximum atomic E-state index is 10.1. The number of aryl methyl sites for hydroxylation is 1. The molecule has 1 atom stereocenters. The van der Waals surface area contributed by atoms with Crippen molar-refractivity contribution in [2.24, 2.45) is 0 Å². The summed E-state index contributed by atoms with van der Waals surface area (Å²) in [6.45, 7) is 2.81. The maximum Gasteiger partial charge on any atom is 0.132 e. The summed E-state index contributed by atoms with van der Waals surface area (Å²) in [5, 5.41) is 10.1. The minimum Gasteiger partial charge on any atom is -0.381 e. The minimum absolute atomic E-state index is 0.658. The van der Waals surface area contributed by atoms with Gasteiger partial charge >= 0.3 is 0 Å². The first-order valence-electron chi connectivity index (χ1n) is 4.51. The van der Waals surface area contributed by atoms with Crippen LogP contribution in [0.3, 0.4) is 0 Å². The number of aliphatic hydroxyl groups is 1. The Hall–Kier alpha value is -0.720. The van der Waals surface area contributed by atoms with Gasteiger partial charge in [-0.05, 0) is 22.9 Å². The van der Waals surface area contributed by atoms with E-state index in [0.717, 1.165) is 17.1 Å². The average Bonchev–Trinajstić information content (AvgIpc) is 2.84. The smallest absolute Gasteiger partial charge is 0.132 e. The number of aromatic nitrogens is 3. The molecule has 2 aromatic rings. The van der Waals surface area contributed by atoms with E-state index in [0.29, 0.717) is 4.60 Å². The highest BCUT2D eigenvalue weighted by Gasteiger charge is 2.19. The van der Waals surface area contributed by atoms with E-state index in [1.54, 1.807) is 18.0 Å². The Bertz CT molecular complexity index is 454. The molecular formula is C9H10BrN3OS. The van der Waals surface area contributed by atoms with Crippen molar-refractivity contribution in [3.63, 3.8) is 0 Å². The van der Waals surface area contributed by atoms with Crippen molar-refractivity contribution >= 4 is 27.3 Å². The number of rotatable bonds is 3. The van der Waals surface area contributed by atoms with Gasteiger partial charge < -0.3 is 9.67 Å². The summed E-state index contributed by atoms with van der Waals surface area (Å²) in [4.78, 5) is 8.88. The van der Waals surface area contributed by atoms with Crippen molar-refractivity contribution in [3.8, 4) is 0 Å². The van der Waals surface area contributed by atoms with Gasteiger partial charge in [-0.25, -0.2) is 9.97 Å². The molecule has 0 fully saturated rings. The highest BCUT2D eigenvalue weighted by atomic mass is 79.9. The molecule has 2 rings (SSSR count). The van der Waals surface area contributed by atoms with E-state index in [9.17, 15) is 5.11 Å². The summed E-state index contributed by atoms with van der Waals surface area (Å²) < 4.78 is 2.61. The Morgan fingerprint density at radius 1 is 1.67 bits per heavy atom. The number of hydrogen-bond donors (Lipinski definition) is 1. The second kappa shape index (κ2) is 4.42. The Labute approximate surface area is 99.7 Å². The molecule has 0 saturated carbocycles. The number of hydrogen-bond acceptors (Lipinski definition) is 4. The molecule has 0 saturated heterocycles. The van der Waals surface area contributed by atoms with E-state index in [2.05, 4.69) is 25.9 Å². The molecule has 4 nitrogen and oxygen atoms in total. The van der Waals surface area contributed by atoms with Crippen molar-refractivity contribution in [1.29, 1.82) is 0 Å². The summed E-state index contributed by atoms with van der Waals surface area (Å²) in [7, 11) is 0. The molecular weight excluding hydrogens is 278 g/mol. The molecule has 0 aromatic carbocycles. The van der Waals surface area contributed by atoms with Gasteiger partial charge in [-0.2, -0.15) is 0 Å². The van der Waals surface area contributed by atoms with Crippen molar-refractivity contribution in [2.45, 2.75) is 19.6 Å². The summed E-state index contributed by atoms with van der Waals surface area (Å²) in [6, 6.07) is 0. The van der Waals surface area contributed by atoms with Crippen LogP contribution in [-0.4, -0.2) is 19.6 Å². The number of nitrogens with zero attached hydrogens (tertiary/aromatic N) is 3.